The van der Waals surface area contributed by atoms with E-state index >= 15 is 0 Å². The van der Waals surface area contributed by atoms with E-state index in [0.29, 0.717) is 11.1 Å². The van der Waals surface area contributed by atoms with E-state index in [9.17, 15) is 4.39 Å². The van der Waals surface area contributed by atoms with Gasteiger partial charge < -0.3 is 0 Å². The molecule has 0 saturated heterocycles. The van der Waals surface area contributed by atoms with E-state index < -0.39 is 0 Å². The van der Waals surface area contributed by atoms with E-state index in [1.54, 1.807) is 25.4 Å². The van der Waals surface area contributed by atoms with Gasteiger partial charge in [0.25, 0.3) is 0 Å². The fourth-order valence-corrected chi connectivity index (χ4v) is 2.07. The molecule has 3 heteroatoms. The van der Waals surface area contributed by atoms with Gasteiger partial charge in [-0.15, -0.1) is 11.3 Å². The van der Waals surface area contributed by atoms with Gasteiger partial charge in [-0.2, -0.15) is 0 Å². The Morgan fingerprint density at radius 3 is 2.92 bits per heavy atom. The first kappa shape index (κ1) is 7.68. The maximum absolute atomic E-state index is 13.3. The van der Waals surface area contributed by atoms with Crippen LogP contribution in [0.25, 0.3) is 10.2 Å². The van der Waals surface area contributed by atoms with Crippen LogP contribution in [0.3, 0.4) is 0 Å². The van der Waals surface area contributed by atoms with Crippen molar-refractivity contribution in [2.45, 2.75) is 13.8 Å². The summed E-state index contributed by atoms with van der Waals surface area (Å²) in [6.07, 6.45) is 0. The van der Waals surface area contributed by atoms with Crippen molar-refractivity contribution in [1.82, 2.24) is 4.98 Å². The van der Waals surface area contributed by atoms with Crippen molar-refractivity contribution >= 4 is 21.6 Å². The Morgan fingerprint density at radius 1 is 1.42 bits per heavy atom. The van der Waals surface area contributed by atoms with Crippen molar-refractivity contribution in [1.29, 1.82) is 0 Å². The van der Waals surface area contributed by atoms with Gasteiger partial charge in [0.05, 0.1) is 15.7 Å². The highest BCUT2D eigenvalue weighted by atomic mass is 32.1. The average molecular weight is 181 g/mol. The molecule has 0 aliphatic carbocycles. The molecule has 12 heavy (non-hydrogen) atoms. The number of nitrogens with zero attached hydrogens (tertiary/aromatic N) is 1. The summed E-state index contributed by atoms with van der Waals surface area (Å²) in [6.45, 7) is 3.56. The number of benzene rings is 1. The Balaban J connectivity index is 2.94. The van der Waals surface area contributed by atoms with Crippen molar-refractivity contribution in [3.05, 3.63) is 28.5 Å². The van der Waals surface area contributed by atoms with E-state index in [4.69, 9.17) is 0 Å². The van der Waals surface area contributed by atoms with E-state index in [1.165, 1.54) is 11.3 Å². The minimum atomic E-state index is -0.105. The van der Waals surface area contributed by atoms with Gasteiger partial charge in [0.15, 0.2) is 0 Å². The highest BCUT2D eigenvalue weighted by Crippen LogP contribution is 2.26. The van der Waals surface area contributed by atoms with Crippen LogP contribution in [0.5, 0.6) is 0 Å². The molecule has 0 radical (unpaired) electrons. The Kier molecular flexibility index (Phi) is 1.61. The summed E-state index contributed by atoms with van der Waals surface area (Å²) < 4.78 is 14.3. The molecule has 0 bridgehead atoms. The minimum Gasteiger partial charge on any atom is -0.245 e. The predicted octanol–water partition coefficient (Wildman–Crippen LogP) is 3.05. The summed E-state index contributed by atoms with van der Waals surface area (Å²) >= 11 is 1.49. The standard InChI is InChI=1S/C9H8FNS/c1-5-3-7-9(12-4-11-7)6(2)8(5)10/h3-4H,1-2H3. The van der Waals surface area contributed by atoms with E-state index in [1.807, 2.05) is 0 Å². The second-order valence-corrected chi connectivity index (χ2v) is 3.69. The minimum absolute atomic E-state index is 0.105. The van der Waals surface area contributed by atoms with Gasteiger partial charge >= 0.3 is 0 Å². The van der Waals surface area contributed by atoms with Crippen LogP contribution in [-0.2, 0) is 0 Å². The molecule has 0 atom stereocenters. The molecule has 0 unspecified atom stereocenters. The molecule has 0 aliphatic heterocycles. The van der Waals surface area contributed by atoms with Crippen LogP contribution in [-0.4, -0.2) is 4.98 Å². The molecule has 2 rings (SSSR count). The van der Waals surface area contributed by atoms with Crippen LogP contribution in [0, 0.1) is 19.7 Å². The van der Waals surface area contributed by atoms with Crippen LogP contribution in [0.1, 0.15) is 11.1 Å². The van der Waals surface area contributed by atoms with E-state index in [-0.39, 0.29) is 5.82 Å². The van der Waals surface area contributed by atoms with E-state index in [2.05, 4.69) is 4.98 Å². The molecule has 1 aromatic carbocycles. The SMILES string of the molecule is Cc1cc2ncsc2c(C)c1F. The van der Waals surface area contributed by atoms with Gasteiger partial charge in [-0.05, 0) is 25.5 Å². The summed E-state index contributed by atoms with van der Waals surface area (Å²) in [5.41, 5.74) is 4.03. The Hall–Kier alpha value is -0.960. The third-order valence-corrected chi connectivity index (χ3v) is 2.93. The molecular formula is C9H8FNS. The lowest BCUT2D eigenvalue weighted by Crippen LogP contribution is -1.87. The quantitative estimate of drug-likeness (QED) is 0.608. The number of aryl methyl sites for hydroxylation is 2. The normalized spacial score (nSPS) is 10.9. The smallest absolute Gasteiger partial charge is 0.130 e. The first-order valence-electron chi connectivity index (χ1n) is 3.69. The third kappa shape index (κ3) is 0.932. The molecule has 62 valence electrons. The zero-order chi connectivity index (χ0) is 8.72. The molecule has 1 aromatic heterocycles. The number of thiazole rings is 1. The average Bonchev–Trinajstić information content (AvgIpc) is 2.48. The number of hydrogen-bond donors (Lipinski definition) is 0. The van der Waals surface area contributed by atoms with Crippen molar-refractivity contribution in [2.24, 2.45) is 0 Å². The lowest BCUT2D eigenvalue weighted by Gasteiger charge is -2.00. The van der Waals surface area contributed by atoms with Gasteiger partial charge in [-0.25, -0.2) is 9.37 Å². The second kappa shape index (κ2) is 2.52. The monoisotopic (exact) mass is 181 g/mol. The highest BCUT2D eigenvalue weighted by molar-refractivity contribution is 7.16. The zero-order valence-electron chi connectivity index (χ0n) is 6.89. The number of halogens is 1. The van der Waals surface area contributed by atoms with Gasteiger partial charge in [0.2, 0.25) is 0 Å². The largest absolute Gasteiger partial charge is 0.245 e. The number of aromatic nitrogens is 1. The zero-order valence-corrected chi connectivity index (χ0v) is 7.70. The number of rotatable bonds is 0. The van der Waals surface area contributed by atoms with Gasteiger partial charge in [0.1, 0.15) is 5.82 Å². The lowest BCUT2D eigenvalue weighted by atomic mass is 10.1. The van der Waals surface area contributed by atoms with Crippen molar-refractivity contribution < 1.29 is 4.39 Å². The lowest BCUT2D eigenvalue weighted by molar-refractivity contribution is 0.612. The van der Waals surface area contributed by atoms with E-state index in [0.717, 1.165) is 10.2 Å². The van der Waals surface area contributed by atoms with Gasteiger partial charge in [-0.1, -0.05) is 0 Å². The summed E-state index contributed by atoms with van der Waals surface area (Å²) in [5, 5.41) is 0. The molecule has 0 fully saturated rings. The summed E-state index contributed by atoms with van der Waals surface area (Å²) in [7, 11) is 0. The highest BCUT2D eigenvalue weighted by Gasteiger charge is 2.08. The maximum atomic E-state index is 13.3. The topological polar surface area (TPSA) is 12.9 Å². The van der Waals surface area contributed by atoms with Crippen LogP contribution >= 0.6 is 11.3 Å². The molecule has 1 heterocycles. The molecule has 0 N–H and O–H groups in total. The van der Waals surface area contributed by atoms with Crippen LogP contribution in [0.2, 0.25) is 0 Å². The fraction of sp³-hybridized carbons (Fsp3) is 0.222. The fourth-order valence-electron chi connectivity index (χ4n) is 1.30. The summed E-state index contributed by atoms with van der Waals surface area (Å²) in [4.78, 5) is 4.13. The molecule has 2 aromatic rings. The number of hydrogen-bond acceptors (Lipinski definition) is 2. The first-order chi connectivity index (χ1) is 5.70. The Bertz CT molecular complexity index is 433. The molecule has 1 nitrogen and oxygen atoms in total. The van der Waals surface area contributed by atoms with Crippen molar-refractivity contribution in [3.63, 3.8) is 0 Å². The second-order valence-electron chi connectivity index (χ2n) is 2.83. The first-order valence-corrected chi connectivity index (χ1v) is 4.57. The molecular weight excluding hydrogens is 173 g/mol. The van der Waals surface area contributed by atoms with Gasteiger partial charge in [-0.3, -0.25) is 0 Å². The van der Waals surface area contributed by atoms with Gasteiger partial charge in [0, 0.05) is 5.56 Å². The molecule has 0 amide bonds. The Morgan fingerprint density at radius 2 is 2.17 bits per heavy atom. The maximum Gasteiger partial charge on any atom is 0.130 e. The summed E-state index contributed by atoms with van der Waals surface area (Å²) in [5.74, 6) is -0.105. The van der Waals surface area contributed by atoms with Crippen LogP contribution in [0.4, 0.5) is 4.39 Å². The molecule has 0 saturated carbocycles. The Labute approximate surface area is 73.9 Å². The summed E-state index contributed by atoms with van der Waals surface area (Å²) in [6, 6.07) is 1.79. The predicted molar refractivity (Wildman–Crippen MR) is 49.1 cm³/mol. The molecule has 0 spiro atoms. The van der Waals surface area contributed by atoms with Crippen LogP contribution in [0.15, 0.2) is 11.6 Å². The van der Waals surface area contributed by atoms with Crippen molar-refractivity contribution in [2.75, 3.05) is 0 Å². The number of fused-ring (bicyclic) bond motifs is 1. The third-order valence-electron chi connectivity index (χ3n) is 1.96. The van der Waals surface area contributed by atoms with Crippen LogP contribution < -0.4 is 0 Å². The molecule has 0 aliphatic rings. The van der Waals surface area contributed by atoms with Crippen molar-refractivity contribution in [3.8, 4) is 0 Å².